The lowest BCUT2D eigenvalue weighted by Crippen LogP contribution is -2.26. The zero-order chi connectivity index (χ0) is 30.3. The van der Waals surface area contributed by atoms with Crippen LogP contribution in [0.2, 0.25) is 0 Å². The Morgan fingerprint density at radius 2 is 1.60 bits per heavy atom. The van der Waals surface area contributed by atoms with E-state index in [0.717, 1.165) is 17.9 Å². The SMILES string of the molecule is Cc1c(NS(C)(=O)=O)cccc1N(Cc1ccc(Oc2ccc(C(=O)NCCO)cc2)cc1)Cc1ccc(F)cc1F. The summed E-state index contributed by atoms with van der Waals surface area (Å²) in [5.41, 5.74) is 3.32. The summed E-state index contributed by atoms with van der Waals surface area (Å²) in [5, 5.41) is 11.4. The van der Waals surface area contributed by atoms with Crippen LogP contribution >= 0.6 is 0 Å². The van der Waals surface area contributed by atoms with Gasteiger partial charge in [-0.2, -0.15) is 0 Å². The monoisotopic (exact) mass is 595 g/mol. The molecule has 0 spiro atoms. The van der Waals surface area contributed by atoms with Crippen LogP contribution in [0.1, 0.15) is 27.0 Å². The number of anilines is 2. The Hall–Kier alpha value is -4.48. The first-order valence-electron chi connectivity index (χ1n) is 13.0. The number of hydrogen-bond acceptors (Lipinski definition) is 6. The van der Waals surface area contributed by atoms with Gasteiger partial charge in [0.15, 0.2) is 0 Å². The van der Waals surface area contributed by atoms with E-state index in [1.807, 2.05) is 23.1 Å². The minimum atomic E-state index is -3.53. The second-order valence-electron chi connectivity index (χ2n) is 9.67. The molecule has 0 atom stereocenters. The Morgan fingerprint density at radius 1 is 0.929 bits per heavy atom. The quantitative estimate of drug-likeness (QED) is 0.203. The molecule has 4 aromatic rings. The third kappa shape index (κ3) is 8.27. The molecule has 0 unspecified atom stereocenters. The first-order chi connectivity index (χ1) is 20.0. The molecule has 4 rings (SSSR count). The van der Waals surface area contributed by atoms with Crippen molar-refractivity contribution in [2.75, 3.05) is 29.0 Å². The third-order valence-corrected chi connectivity index (χ3v) is 6.95. The Kier molecular flexibility index (Phi) is 9.76. The number of carbonyl (C=O) groups is 1. The third-order valence-electron chi connectivity index (χ3n) is 6.36. The number of halogens is 2. The fourth-order valence-electron chi connectivity index (χ4n) is 4.32. The molecule has 0 aliphatic heterocycles. The molecule has 42 heavy (non-hydrogen) atoms. The van der Waals surface area contributed by atoms with Crippen molar-refractivity contribution in [3.63, 3.8) is 0 Å². The summed E-state index contributed by atoms with van der Waals surface area (Å²) >= 11 is 0. The van der Waals surface area contributed by atoms with Crippen molar-refractivity contribution in [1.29, 1.82) is 0 Å². The van der Waals surface area contributed by atoms with Gasteiger partial charge in [-0.15, -0.1) is 0 Å². The van der Waals surface area contributed by atoms with Crippen molar-refractivity contribution >= 4 is 27.3 Å². The highest BCUT2D eigenvalue weighted by Crippen LogP contribution is 2.31. The molecule has 4 aromatic carbocycles. The number of ether oxygens (including phenoxy) is 1. The van der Waals surface area contributed by atoms with Crippen LogP contribution in [-0.2, 0) is 23.1 Å². The van der Waals surface area contributed by atoms with E-state index in [0.29, 0.717) is 40.5 Å². The van der Waals surface area contributed by atoms with E-state index in [1.54, 1.807) is 55.5 Å². The van der Waals surface area contributed by atoms with Crippen molar-refractivity contribution in [2.45, 2.75) is 20.0 Å². The minimum Gasteiger partial charge on any atom is -0.457 e. The van der Waals surface area contributed by atoms with Crippen molar-refractivity contribution in [1.82, 2.24) is 5.32 Å². The molecule has 0 saturated heterocycles. The lowest BCUT2D eigenvalue weighted by Gasteiger charge is -2.28. The summed E-state index contributed by atoms with van der Waals surface area (Å²) in [6.07, 6.45) is 1.07. The topological polar surface area (TPSA) is 108 Å². The van der Waals surface area contributed by atoms with Crippen molar-refractivity contribution in [3.8, 4) is 11.5 Å². The molecule has 11 heteroatoms. The lowest BCUT2D eigenvalue weighted by atomic mass is 10.1. The predicted molar refractivity (Wildman–Crippen MR) is 158 cm³/mol. The molecular weight excluding hydrogens is 564 g/mol. The van der Waals surface area contributed by atoms with Gasteiger partial charge in [-0.25, -0.2) is 17.2 Å². The van der Waals surface area contributed by atoms with Gasteiger partial charge in [0.25, 0.3) is 5.91 Å². The highest BCUT2D eigenvalue weighted by molar-refractivity contribution is 7.92. The maximum Gasteiger partial charge on any atom is 0.251 e. The van der Waals surface area contributed by atoms with Crippen LogP contribution in [0.15, 0.2) is 84.9 Å². The van der Waals surface area contributed by atoms with E-state index in [-0.39, 0.29) is 31.2 Å². The molecule has 0 bridgehead atoms. The number of benzene rings is 4. The largest absolute Gasteiger partial charge is 0.457 e. The molecule has 0 heterocycles. The Bertz CT molecular complexity index is 1650. The Labute approximate surface area is 243 Å². The maximum absolute atomic E-state index is 14.6. The van der Waals surface area contributed by atoms with Gasteiger partial charge in [0.1, 0.15) is 23.1 Å². The van der Waals surface area contributed by atoms with Crippen LogP contribution in [0, 0.1) is 18.6 Å². The number of aliphatic hydroxyl groups is 1. The van der Waals surface area contributed by atoms with Crippen LogP contribution in [0.5, 0.6) is 11.5 Å². The fourth-order valence-corrected chi connectivity index (χ4v) is 4.94. The number of nitrogens with zero attached hydrogens (tertiary/aromatic N) is 1. The molecule has 1 amide bonds. The van der Waals surface area contributed by atoms with E-state index in [9.17, 15) is 22.0 Å². The predicted octanol–water partition coefficient (Wildman–Crippen LogP) is 5.37. The highest BCUT2D eigenvalue weighted by atomic mass is 32.2. The summed E-state index contributed by atoms with van der Waals surface area (Å²) in [6, 6.07) is 22.5. The van der Waals surface area contributed by atoms with E-state index in [4.69, 9.17) is 9.84 Å². The van der Waals surface area contributed by atoms with Crippen LogP contribution in [0.3, 0.4) is 0 Å². The first-order valence-corrected chi connectivity index (χ1v) is 14.9. The van der Waals surface area contributed by atoms with Gasteiger partial charge in [-0.1, -0.05) is 24.3 Å². The molecule has 0 aliphatic rings. The number of amides is 1. The highest BCUT2D eigenvalue weighted by Gasteiger charge is 2.17. The molecule has 0 saturated carbocycles. The minimum absolute atomic E-state index is 0.103. The number of hydrogen-bond donors (Lipinski definition) is 3. The van der Waals surface area contributed by atoms with E-state index in [1.165, 1.54) is 12.1 Å². The van der Waals surface area contributed by atoms with Crippen molar-refractivity contribution in [2.24, 2.45) is 0 Å². The van der Waals surface area contributed by atoms with Crippen LogP contribution in [-0.4, -0.2) is 38.8 Å². The van der Waals surface area contributed by atoms with E-state index in [2.05, 4.69) is 10.0 Å². The molecule has 0 aromatic heterocycles. The fraction of sp³-hybridized carbons (Fsp3) is 0.194. The van der Waals surface area contributed by atoms with Gasteiger partial charge in [0.2, 0.25) is 10.0 Å². The molecule has 0 fully saturated rings. The molecular formula is C31H31F2N3O5S. The molecule has 3 N–H and O–H groups in total. The summed E-state index contributed by atoms with van der Waals surface area (Å²) in [5.74, 6) is -0.557. The zero-order valence-electron chi connectivity index (χ0n) is 23.1. The number of rotatable bonds is 12. The maximum atomic E-state index is 14.6. The number of carbonyl (C=O) groups excluding carboxylic acids is 1. The zero-order valence-corrected chi connectivity index (χ0v) is 23.9. The lowest BCUT2D eigenvalue weighted by molar-refractivity contribution is 0.0944. The van der Waals surface area contributed by atoms with Crippen molar-refractivity contribution < 1.29 is 31.8 Å². The first kappa shape index (κ1) is 30.5. The van der Waals surface area contributed by atoms with Gasteiger partial charge < -0.3 is 20.1 Å². The second kappa shape index (κ2) is 13.5. The van der Waals surface area contributed by atoms with Crippen LogP contribution < -0.4 is 19.7 Å². The van der Waals surface area contributed by atoms with Crippen LogP contribution in [0.4, 0.5) is 20.2 Å². The van der Waals surface area contributed by atoms with Gasteiger partial charge in [-0.3, -0.25) is 9.52 Å². The van der Waals surface area contributed by atoms with Crippen molar-refractivity contribution in [3.05, 3.63) is 119 Å². The Morgan fingerprint density at radius 3 is 2.21 bits per heavy atom. The summed E-state index contributed by atoms with van der Waals surface area (Å²) in [4.78, 5) is 13.9. The van der Waals surface area contributed by atoms with Gasteiger partial charge in [-0.05, 0) is 72.6 Å². The average Bonchev–Trinajstić information content (AvgIpc) is 2.94. The number of sulfonamides is 1. The average molecular weight is 596 g/mol. The van der Waals surface area contributed by atoms with Gasteiger partial charge in [0, 0.05) is 42.5 Å². The number of aliphatic hydroxyl groups excluding tert-OH is 1. The molecule has 8 nitrogen and oxygen atoms in total. The number of nitrogens with one attached hydrogen (secondary N) is 2. The van der Waals surface area contributed by atoms with E-state index < -0.39 is 21.7 Å². The normalized spacial score (nSPS) is 11.2. The second-order valence-corrected chi connectivity index (χ2v) is 11.4. The molecule has 0 radical (unpaired) electrons. The summed E-state index contributed by atoms with van der Waals surface area (Å²) in [6.45, 7) is 2.23. The summed E-state index contributed by atoms with van der Waals surface area (Å²) in [7, 11) is -3.53. The smallest absolute Gasteiger partial charge is 0.251 e. The van der Waals surface area contributed by atoms with Gasteiger partial charge in [0.05, 0.1) is 18.6 Å². The Balaban J connectivity index is 1.55. The van der Waals surface area contributed by atoms with Gasteiger partial charge >= 0.3 is 0 Å². The molecule has 220 valence electrons. The van der Waals surface area contributed by atoms with E-state index >= 15 is 0 Å². The van der Waals surface area contributed by atoms with Crippen LogP contribution in [0.25, 0.3) is 0 Å². The summed E-state index contributed by atoms with van der Waals surface area (Å²) < 4.78 is 60.4. The standard InChI is InChI=1S/C31H31F2N3O5S/c1-21-29(35-42(2,39)40)4-3-5-30(21)36(20-24-8-11-25(32)18-28(24)33)19-22-6-12-26(13-7-22)41-27-14-9-23(10-15-27)31(38)34-16-17-37/h3-15,18,35,37H,16-17,19-20H2,1-2H3,(H,34,38). The molecule has 0 aliphatic carbocycles.